The molecule has 2 heterocycles. The van der Waals surface area contributed by atoms with E-state index in [1.807, 2.05) is 24.3 Å². The van der Waals surface area contributed by atoms with Crippen molar-refractivity contribution < 1.29 is 9.47 Å². The Kier molecular flexibility index (Phi) is 2.90. The van der Waals surface area contributed by atoms with Gasteiger partial charge in [-0.15, -0.1) is 0 Å². The molecule has 0 fully saturated rings. The average Bonchev–Trinajstić information content (AvgIpc) is 2.83. The second-order valence-corrected chi connectivity index (χ2v) is 4.25. The summed E-state index contributed by atoms with van der Waals surface area (Å²) in [6.07, 6.45) is 2.59. The van der Waals surface area contributed by atoms with Gasteiger partial charge in [-0.1, -0.05) is 6.07 Å². The molecule has 5 nitrogen and oxygen atoms in total. The molecule has 1 atom stereocenters. The quantitative estimate of drug-likeness (QED) is 0.843. The van der Waals surface area contributed by atoms with Gasteiger partial charge in [0.05, 0.1) is 24.9 Å². The normalized spacial score (nSPS) is 16.1. The van der Waals surface area contributed by atoms with E-state index in [1.165, 1.54) is 0 Å². The lowest BCUT2D eigenvalue weighted by Gasteiger charge is -2.13. The van der Waals surface area contributed by atoms with Crippen molar-refractivity contribution in [2.24, 2.45) is 5.73 Å². The van der Waals surface area contributed by atoms with Gasteiger partial charge in [-0.25, -0.2) is 0 Å². The summed E-state index contributed by atoms with van der Waals surface area (Å²) < 4.78 is 11.2. The van der Waals surface area contributed by atoms with E-state index >= 15 is 0 Å². The standard InChI is InChI=1S/C13H15N3O2/c14-13(10-4-5-15-16-10)9-2-3-11-12(8-9)18-7-1-6-17-11/h2-5,8,13H,1,6-7,14H2,(H,15,16). The molecule has 18 heavy (non-hydrogen) atoms. The lowest BCUT2D eigenvalue weighted by molar-refractivity contribution is 0.297. The molecule has 0 spiro atoms. The Labute approximate surface area is 105 Å². The number of fused-ring (bicyclic) bond motifs is 1. The number of aromatic amines is 1. The van der Waals surface area contributed by atoms with Crippen LogP contribution in [0.4, 0.5) is 0 Å². The van der Waals surface area contributed by atoms with E-state index in [1.54, 1.807) is 6.20 Å². The number of ether oxygens (including phenoxy) is 2. The van der Waals surface area contributed by atoms with Crippen molar-refractivity contribution in [1.29, 1.82) is 0 Å². The third-order valence-electron chi connectivity index (χ3n) is 2.99. The van der Waals surface area contributed by atoms with Crippen molar-refractivity contribution in [3.63, 3.8) is 0 Å². The van der Waals surface area contributed by atoms with E-state index in [0.29, 0.717) is 13.2 Å². The SMILES string of the molecule is NC(c1ccc2c(c1)OCCCO2)c1ccn[nH]1. The summed E-state index contributed by atoms with van der Waals surface area (Å²) in [5, 5.41) is 6.79. The molecule has 1 aliphatic heterocycles. The van der Waals surface area contributed by atoms with Gasteiger partial charge >= 0.3 is 0 Å². The van der Waals surface area contributed by atoms with E-state index in [0.717, 1.165) is 29.2 Å². The summed E-state index contributed by atoms with van der Waals surface area (Å²) in [7, 11) is 0. The maximum atomic E-state index is 6.17. The number of H-pyrrole nitrogens is 1. The molecule has 1 unspecified atom stereocenters. The van der Waals surface area contributed by atoms with E-state index in [9.17, 15) is 0 Å². The molecule has 3 rings (SSSR count). The van der Waals surface area contributed by atoms with Crippen LogP contribution in [0.1, 0.15) is 23.7 Å². The average molecular weight is 245 g/mol. The lowest BCUT2D eigenvalue weighted by atomic mass is 10.0. The van der Waals surface area contributed by atoms with Crippen molar-refractivity contribution in [2.45, 2.75) is 12.5 Å². The fraction of sp³-hybridized carbons (Fsp3) is 0.308. The molecule has 0 saturated carbocycles. The zero-order chi connectivity index (χ0) is 12.4. The van der Waals surface area contributed by atoms with E-state index in [-0.39, 0.29) is 6.04 Å². The Morgan fingerprint density at radius 1 is 1.17 bits per heavy atom. The van der Waals surface area contributed by atoms with Crippen LogP contribution in [0, 0.1) is 0 Å². The molecule has 1 aromatic heterocycles. The number of rotatable bonds is 2. The second-order valence-electron chi connectivity index (χ2n) is 4.25. The van der Waals surface area contributed by atoms with Crippen molar-refractivity contribution >= 4 is 0 Å². The molecule has 5 heteroatoms. The molecule has 0 radical (unpaired) electrons. The lowest BCUT2D eigenvalue weighted by Crippen LogP contribution is -2.12. The Morgan fingerprint density at radius 2 is 2.00 bits per heavy atom. The van der Waals surface area contributed by atoms with Crippen molar-refractivity contribution in [3.05, 3.63) is 41.7 Å². The first-order valence-electron chi connectivity index (χ1n) is 5.99. The zero-order valence-electron chi connectivity index (χ0n) is 9.93. The number of aromatic nitrogens is 2. The molecule has 0 saturated heterocycles. The summed E-state index contributed by atoms with van der Waals surface area (Å²) >= 11 is 0. The first-order chi connectivity index (χ1) is 8.84. The summed E-state index contributed by atoms with van der Waals surface area (Å²) in [4.78, 5) is 0. The first kappa shape index (κ1) is 11.1. The van der Waals surface area contributed by atoms with Crippen LogP contribution in [0.25, 0.3) is 0 Å². The van der Waals surface area contributed by atoms with Crippen molar-refractivity contribution in [1.82, 2.24) is 10.2 Å². The van der Waals surface area contributed by atoms with Crippen LogP contribution >= 0.6 is 0 Å². The van der Waals surface area contributed by atoms with E-state index < -0.39 is 0 Å². The number of hydrogen-bond donors (Lipinski definition) is 2. The van der Waals surface area contributed by atoms with Crippen LogP contribution in [-0.2, 0) is 0 Å². The van der Waals surface area contributed by atoms with Gasteiger partial charge in [-0.2, -0.15) is 5.10 Å². The monoisotopic (exact) mass is 245 g/mol. The molecule has 1 aromatic carbocycles. The number of nitrogens with zero attached hydrogens (tertiary/aromatic N) is 1. The third-order valence-corrected chi connectivity index (χ3v) is 2.99. The van der Waals surface area contributed by atoms with Crippen LogP contribution in [0.3, 0.4) is 0 Å². The molecule has 2 aromatic rings. The molecule has 94 valence electrons. The minimum absolute atomic E-state index is 0.232. The van der Waals surface area contributed by atoms with Crippen LogP contribution in [-0.4, -0.2) is 23.4 Å². The third kappa shape index (κ3) is 2.04. The minimum atomic E-state index is -0.232. The number of nitrogens with two attached hydrogens (primary N) is 1. The second kappa shape index (κ2) is 4.70. The fourth-order valence-electron chi connectivity index (χ4n) is 1.99. The number of benzene rings is 1. The first-order valence-corrected chi connectivity index (χ1v) is 5.99. The van der Waals surface area contributed by atoms with Gasteiger partial charge in [0, 0.05) is 12.6 Å². The summed E-state index contributed by atoms with van der Waals surface area (Å²) in [5.41, 5.74) is 8.02. The topological polar surface area (TPSA) is 73.2 Å². The predicted octanol–water partition coefficient (Wildman–Crippen LogP) is 1.62. The van der Waals surface area contributed by atoms with Gasteiger partial charge in [0.25, 0.3) is 0 Å². The fourth-order valence-corrected chi connectivity index (χ4v) is 1.99. The van der Waals surface area contributed by atoms with E-state index in [4.69, 9.17) is 15.2 Å². The Bertz CT molecular complexity index is 525. The van der Waals surface area contributed by atoms with Gasteiger partial charge in [0.15, 0.2) is 11.5 Å². The van der Waals surface area contributed by atoms with Crippen LogP contribution < -0.4 is 15.2 Å². The van der Waals surface area contributed by atoms with Gasteiger partial charge in [-0.3, -0.25) is 5.10 Å². The highest BCUT2D eigenvalue weighted by Crippen LogP contribution is 2.32. The largest absolute Gasteiger partial charge is 0.490 e. The maximum Gasteiger partial charge on any atom is 0.161 e. The number of nitrogens with one attached hydrogen (secondary N) is 1. The maximum absolute atomic E-state index is 6.17. The summed E-state index contributed by atoms with van der Waals surface area (Å²) in [6.45, 7) is 1.37. The zero-order valence-corrected chi connectivity index (χ0v) is 9.93. The molecule has 3 N–H and O–H groups in total. The van der Waals surface area contributed by atoms with E-state index in [2.05, 4.69) is 10.2 Å². The van der Waals surface area contributed by atoms with Crippen LogP contribution in [0.2, 0.25) is 0 Å². The Morgan fingerprint density at radius 3 is 2.78 bits per heavy atom. The Hall–Kier alpha value is -2.01. The molecule has 0 bridgehead atoms. The highest BCUT2D eigenvalue weighted by Gasteiger charge is 2.15. The van der Waals surface area contributed by atoms with Gasteiger partial charge in [0.2, 0.25) is 0 Å². The highest BCUT2D eigenvalue weighted by molar-refractivity contribution is 5.45. The molecule has 0 amide bonds. The van der Waals surface area contributed by atoms with Crippen LogP contribution in [0.15, 0.2) is 30.5 Å². The molecule has 1 aliphatic rings. The van der Waals surface area contributed by atoms with Crippen molar-refractivity contribution in [2.75, 3.05) is 13.2 Å². The summed E-state index contributed by atoms with van der Waals surface area (Å²) in [5.74, 6) is 1.55. The molecular formula is C13H15N3O2. The smallest absolute Gasteiger partial charge is 0.161 e. The Balaban J connectivity index is 1.92. The van der Waals surface area contributed by atoms with Gasteiger partial charge in [0.1, 0.15) is 0 Å². The summed E-state index contributed by atoms with van der Waals surface area (Å²) in [6, 6.07) is 7.44. The highest BCUT2D eigenvalue weighted by atomic mass is 16.5. The minimum Gasteiger partial charge on any atom is -0.490 e. The van der Waals surface area contributed by atoms with Crippen molar-refractivity contribution in [3.8, 4) is 11.5 Å². The molecular weight excluding hydrogens is 230 g/mol. The number of hydrogen-bond acceptors (Lipinski definition) is 4. The van der Waals surface area contributed by atoms with Gasteiger partial charge < -0.3 is 15.2 Å². The van der Waals surface area contributed by atoms with Gasteiger partial charge in [-0.05, 0) is 23.8 Å². The van der Waals surface area contributed by atoms with Crippen LogP contribution in [0.5, 0.6) is 11.5 Å². The molecule has 0 aliphatic carbocycles. The predicted molar refractivity (Wildman–Crippen MR) is 66.7 cm³/mol.